The van der Waals surface area contributed by atoms with Crippen molar-refractivity contribution in [1.29, 1.82) is 0 Å². The Morgan fingerprint density at radius 3 is 1.37 bits per heavy atom. The molecule has 0 saturated carbocycles. The second kappa shape index (κ2) is 47.7. The number of carboxylic acid groups (broad SMARTS) is 1. The van der Waals surface area contributed by atoms with Gasteiger partial charge in [-0.3, -0.25) is 0 Å². The Balaban J connectivity index is -0.000000151. The Bertz CT molecular complexity index is 1530. The minimum absolute atomic E-state index is 0. The van der Waals surface area contributed by atoms with Gasteiger partial charge in [0.05, 0.1) is 60.5 Å². The zero-order chi connectivity index (χ0) is 51.8. The topological polar surface area (TPSA) is 275 Å². The van der Waals surface area contributed by atoms with Gasteiger partial charge in [-0.15, -0.1) is 11.7 Å². The van der Waals surface area contributed by atoms with Gasteiger partial charge in [0.2, 0.25) is 0 Å². The normalized spacial score (nSPS) is 23.6. The van der Waals surface area contributed by atoms with Gasteiger partial charge in [0.15, 0.2) is 22.4 Å². The summed E-state index contributed by atoms with van der Waals surface area (Å²) in [5, 5.41) is 17.4. The van der Waals surface area contributed by atoms with Gasteiger partial charge in [-0.1, -0.05) is 45.2 Å². The van der Waals surface area contributed by atoms with Crippen LogP contribution >= 0.6 is 11.4 Å². The Kier molecular flexibility index (Phi) is 55.0. The predicted octanol–water partition coefficient (Wildman–Crippen LogP) is 3.76. The molecule has 0 aromatic heterocycles. The summed E-state index contributed by atoms with van der Waals surface area (Å²) in [6.45, 7) is 3.63. The van der Waals surface area contributed by atoms with Crippen molar-refractivity contribution in [2.75, 3.05) is 121 Å². The number of benzene rings is 1. The number of carbonyl (C=O) groups excluding carboxylic acids is 3. The maximum atomic E-state index is 12.4. The molecule has 452 valence electrons. The molecule has 1 aromatic rings. The molecule has 5 unspecified atom stereocenters. The third-order valence-corrected chi connectivity index (χ3v) is 12.1. The molecule has 0 bridgehead atoms. The summed E-state index contributed by atoms with van der Waals surface area (Å²) >= 11 is -5.14. The predicted molar refractivity (Wildman–Crippen MR) is 267 cm³/mol. The van der Waals surface area contributed by atoms with Crippen molar-refractivity contribution in [1.82, 2.24) is 4.31 Å². The second-order valence-corrected chi connectivity index (χ2v) is 17.4. The summed E-state index contributed by atoms with van der Waals surface area (Å²) in [5.74, 6) is -2.60. The van der Waals surface area contributed by atoms with Gasteiger partial charge in [-0.25, -0.2) is 28.0 Å². The summed E-state index contributed by atoms with van der Waals surface area (Å²) in [5.41, 5.74) is -3.68. The number of methoxy groups -OCH3 is 5. The van der Waals surface area contributed by atoms with Crippen molar-refractivity contribution in [3.63, 3.8) is 0 Å². The fraction of sp³-hybridized carbons (Fsp3) is 0.771. The molecule has 5 aliphatic rings. The van der Waals surface area contributed by atoms with E-state index >= 15 is 0 Å². The molecule has 20 nitrogen and oxygen atoms in total. The van der Waals surface area contributed by atoms with E-state index in [0.29, 0.717) is 75.5 Å². The van der Waals surface area contributed by atoms with Crippen LogP contribution in [0.15, 0.2) is 30.3 Å². The monoisotopic (exact) mass is 1220 g/mol. The van der Waals surface area contributed by atoms with Crippen LogP contribution in [0.3, 0.4) is 0 Å². The number of nitrogens with zero attached hydrogens (tertiary/aromatic N) is 1. The molecule has 5 saturated heterocycles. The molecule has 0 radical (unpaired) electrons. The minimum atomic E-state index is -5.14. The third-order valence-electron chi connectivity index (χ3n) is 11.1. The number of hydrogen-bond donors (Lipinski definition) is 2. The molecule has 5 aliphatic heterocycles. The number of aliphatic hydroxyl groups is 1. The van der Waals surface area contributed by atoms with Crippen molar-refractivity contribution in [2.24, 2.45) is 0 Å². The van der Waals surface area contributed by atoms with E-state index in [1.807, 2.05) is 30.3 Å². The largest absolute Gasteiger partial charge is 1.00 e. The number of rotatable bonds is 18. The number of hydrogen-bond acceptors (Lipinski definition) is 18. The summed E-state index contributed by atoms with van der Waals surface area (Å²) in [7, 11) is 6.66. The van der Waals surface area contributed by atoms with Crippen LogP contribution in [0.2, 0.25) is 0 Å². The first-order chi connectivity index (χ1) is 32.9. The van der Waals surface area contributed by atoms with Crippen molar-refractivity contribution in [2.45, 2.75) is 121 Å². The van der Waals surface area contributed by atoms with E-state index in [9.17, 15) is 39.6 Å². The summed E-state index contributed by atoms with van der Waals surface area (Å²) in [6, 6.07) is 9.85. The molecule has 5 fully saturated rings. The molecule has 6 rings (SSSR count). The smallest absolute Gasteiger partial charge is 0.870 e. The fourth-order valence-electron chi connectivity index (χ4n) is 7.04. The number of aliphatic hydroxyl groups excluding tert-OH is 1. The van der Waals surface area contributed by atoms with E-state index in [-0.39, 0.29) is 118 Å². The maximum absolute atomic E-state index is 12.4. The summed E-state index contributed by atoms with van der Waals surface area (Å²) in [6.07, 6.45) is 8.03. The van der Waals surface area contributed by atoms with Gasteiger partial charge >= 0.3 is 42.7 Å². The molecule has 0 amide bonds. The number of carboxylic acids is 1. The zero-order valence-corrected chi connectivity index (χ0v) is 46.3. The van der Waals surface area contributed by atoms with Gasteiger partial charge in [0, 0.05) is 80.8 Å². The van der Waals surface area contributed by atoms with Gasteiger partial charge in [-0.2, -0.15) is 4.31 Å². The molecule has 5 N–H and O–H groups in total. The Labute approximate surface area is 475 Å². The van der Waals surface area contributed by atoms with Crippen LogP contribution < -0.4 is 18.9 Å². The zero-order valence-electron chi connectivity index (χ0n) is 44.0. The molecule has 0 spiro atoms. The van der Waals surface area contributed by atoms with Gasteiger partial charge in [0.1, 0.15) is 13.3 Å². The molecular formula is C48H88F5LiNO19PdS-. The minimum Gasteiger partial charge on any atom is -0.870 e. The Hall–Kier alpha value is -2.12. The van der Waals surface area contributed by atoms with Crippen LogP contribution in [0.4, 0.5) is 20.4 Å². The number of esters is 3. The van der Waals surface area contributed by atoms with Gasteiger partial charge in [-0.05, 0) is 76.7 Å². The van der Waals surface area contributed by atoms with Crippen LogP contribution in [-0.2, 0) is 98.3 Å². The Morgan fingerprint density at radius 2 is 1.08 bits per heavy atom. The standard InChI is InChI=1S/C14H18O4.C7H11FO3.C7H12O4.C6H14F3NO2S.C6H9FO3.C5H10O.2CH4.CH3.Li.2H2O.Pd/c1-16-13(15)14(8-5-9-18-14)11-17-10-12-6-3-2-4-7-12;2*1-10-6(9)7(5-8)3-2-4-11-7;1-11-5-3-10(4-6-12-2)13(7,8)9;7-4-6(5(8)9)2-1-3-10-6;1-5-3-2-4-6-5;;;;;;;/h2-4,6-7H,5,8-11H2,1H3;2-5H2,1H3;8H,2-5H2,1H3;3-6H2,1-2H3;1-4H2,(H,8,9);5H,2-4H2,1H3;2*1H4;1H3;;2*1H2;/q;;;;;;;;-1;+1;;;/p-1. The van der Waals surface area contributed by atoms with Crippen LogP contribution in [0.25, 0.3) is 0 Å². The third kappa shape index (κ3) is 30.5. The second-order valence-electron chi connectivity index (χ2n) is 16.1. The Morgan fingerprint density at radius 1 is 0.684 bits per heavy atom. The number of aliphatic carboxylic acids is 1. The van der Waals surface area contributed by atoms with E-state index < -0.39 is 65.0 Å². The van der Waals surface area contributed by atoms with Gasteiger partial charge in [0.25, 0.3) is 11.4 Å². The fourth-order valence-corrected chi connectivity index (χ4v) is 7.60. The summed E-state index contributed by atoms with van der Waals surface area (Å²) < 4.78 is 116. The molecule has 1 aromatic carbocycles. The van der Waals surface area contributed by atoms with Crippen LogP contribution in [0, 0.1) is 7.43 Å². The first-order valence-corrected chi connectivity index (χ1v) is 23.8. The van der Waals surface area contributed by atoms with Crippen molar-refractivity contribution >= 4 is 35.2 Å². The van der Waals surface area contributed by atoms with E-state index in [1.165, 1.54) is 48.4 Å². The van der Waals surface area contributed by atoms with Crippen LogP contribution in [-0.4, -0.2) is 199 Å². The quantitative estimate of drug-likeness (QED) is 0.0696. The average Bonchev–Trinajstić information content (AvgIpc) is 4.24. The number of alkyl halides is 2. The van der Waals surface area contributed by atoms with Crippen molar-refractivity contribution < 1.29 is 152 Å². The number of ether oxygens (including phenoxy) is 11. The van der Waals surface area contributed by atoms with E-state index in [0.717, 1.165) is 31.4 Å². The van der Waals surface area contributed by atoms with Gasteiger partial charge < -0.3 is 80.7 Å². The van der Waals surface area contributed by atoms with Crippen molar-refractivity contribution in [3.05, 3.63) is 43.3 Å². The first-order valence-electron chi connectivity index (χ1n) is 22.6. The summed E-state index contributed by atoms with van der Waals surface area (Å²) in [4.78, 5) is 44.2. The number of halogens is 5. The maximum Gasteiger partial charge on any atom is 1.00 e. The molecule has 5 heterocycles. The SMILES string of the molecule is C.C.CC1CCCO1.COC(=O)C1(CF)CCCO1.COC(=O)C1(CO)CCCO1.COC(=O)C1(COCc2ccccc2)CCCO1.COCCN(CCOC)S(F)(F)F.O.O=C(O)C1(CF)CCCO1.[CH3-].[Li+].[OH-].[Pd]. The van der Waals surface area contributed by atoms with E-state index in [2.05, 4.69) is 25.9 Å². The van der Waals surface area contributed by atoms with Crippen LogP contribution in [0.5, 0.6) is 0 Å². The van der Waals surface area contributed by atoms with E-state index in [1.54, 1.807) is 0 Å². The molecule has 5 atom stereocenters. The number of carbonyl (C=O) groups is 4. The molecule has 76 heavy (non-hydrogen) atoms. The molecule has 0 aliphatic carbocycles. The van der Waals surface area contributed by atoms with Crippen LogP contribution in [0.1, 0.15) is 91.5 Å². The molecular weight excluding hydrogens is 1130 g/mol. The molecule has 28 heteroatoms. The first kappa shape index (κ1) is 87.7. The van der Waals surface area contributed by atoms with E-state index in [4.69, 9.17) is 43.4 Å². The average molecular weight is 1220 g/mol. The van der Waals surface area contributed by atoms with Crippen molar-refractivity contribution in [3.8, 4) is 0 Å².